The number of amides is 2. The zero-order valence-electron chi connectivity index (χ0n) is 23.1. The maximum absolute atomic E-state index is 13.9. The number of carboxylic acid groups (broad SMARTS) is 1. The number of carbonyl (C=O) groups excluding carboxylic acids is 2. The van der Waals surface area contributed by atoms with E-state index < -0.39 is 21.9 Å². The number of rotatable bonds is 12. The molecule has 0 aromatic heterocycles. The molecule has 0 saturated heterocycles. The third-order valence-corrected chi connectivity index (χ3v) is 7.93. The zero-order valence-corrected chi connectivity index (χ0v) is 24.6. The number of primary sulfonamides is 1. The molecule has 4 aromatic carbocycles. The van der Waals surface area contributed by atoms with Crippen molar-refractivity contribution in [3.05, 3.63) is 124 Å². The molecule has 2 amide bonds. The number of carboxylic acids is 1. The molecule has 4 rings (SSSR count). The minimum atomic E-state index is -3.84. The topological polar surface area (TPSA) is 147 Å². The van der Waals surface area contributed by atoms with Gasteiger partial charge in [0.25, 0.3) is 11.8 Å². The number of benzene rings is 4. The van der Waals surface area contributed by atoms with E-state index in [1.165, 1.54) is 17.0 Å². The normalized spacial score (nSPS) is 11.1. The van der Waals surface area contributed by atoms with E-state index in [1.807, 2.05) is 6.07 Å². The van der Waals surface area contributed by atoms with Gasteiger partial charge in [-0.3, -0.25) is 14.4 Å². The fraction of sp³-hybridized carbons (Fsp3) is 0.156. The molecule has 43 heavy (non-hydrogen) atoms. The van der Waals surface area contributed by atoms with Gasteiger partial charge in [0.2, 0.25) is 10.0 Å². The molecule has 0 unspecified atom stereocenters. The van der Waals surface area contributed by atoms with Gasteiger partial charge in [-0.1, -0.05) is 72.3 Å². The molecule has 0 saturated carbocycles. The van der Waals surface area contributed by atoms with Crippen LogP contribution < -0.4 is 10.5 Å². The van der Waals surface area contributed by atoms with Crippen molar-refractivity contribution >= 4 is 39.4 Å². The summed E-state index contributed by atoms with van der Waals surface area (Å²) in [5, 5.41) is 18.0. The Morgan fingerprint density at radius 3 is 2.05 bits per heavy atom. The molecule has 0 spiro atoms. The van der Waals surface area contributed by atoms with Gasteiger partial charge in [0.1, 0.15) is 0 Å². The third-order valence-electron chi connectivity index (χ3n) is 6.77. The Bertz CT molecular complexity index is 1740. The van der Waals surface area contributed by atoms with Gasteiger partial charge in [-0.15, -0.1) is 0 Å². The summed E-state index contributed by atoms with van der Waals surface area (Å²) in [6, 6.07) is 27.0. The van der Waals surface area contributed by atoms with E-state index in [1.54, 1.807) is 78.9 Å². The van der Waals surface area contributed by atoms with Gasteiger partial charge in [-0.05, 0) is 65.1 Å². The molecule has 0 bridgehead atoms. The van der Waals surface area contributed by atoms with Crippen molar-refractivity contribution in [2.24, 2.45) is 5.14 Å². The first-order valence-electron chi connectivity index (χ1n) is 13.4. The first-order valence-corrected chi connectivity index (χ1v) is 15.3. The monoisotopic (exact) mass is 619 g/mol. The van der Waals surface area contributed by atoms with Crippen LogP contribution in [0.1, 0.15) is 38.3 Å². The van der Waals surface area contributed by atoms with Crippen LogP contribution in [0, 0.1) is 0 Å². The highest BCUT2D eigenvalue weighted by Gasteiger charge is 2.23. The SMILES string of the molecule is NS(=O)(=O)c1ccc(CCN(CCC(=O)O)C(=O)c2ccccc2-c2ccccc2C(=O)NCc2cccc(Cl)c2)cc1. The lowest BCUT2D eigenvalue weighted by molar-refractivity contribution is -0.137. The maximum Gasteiger partial charge on any atom is 0.305 e. The summed E-state index contributed by atoms with van der Waals surface area (Å²) < 4.78 is 23.1. The summed E-state index contributed by atoms with van der Waals surface area (Å²) >= 11 is 6.07. The quantitative estimate of drug-likeness (QED) is 0.209. The Labute approximate surface area is 255 Å². The minimum Gasteiger partial charge on any atom is -0.481 e. The molecule has 0 radical (unpaired) electrons. The standard InChI is InChI=1S/C32H30ClN3O6S/c33-24-7-5-6-23(20-24)21-35-31(39)28-10-3-1-8-26(28)27-9-2-4-11-29(27)32(40)36(19-17-30(37)38)18-16-22-12-14-25(15-13-22)43(34,41)42/h1-15,20H,16-19,21H2,(H,35,39)(H,37,38)(H2,34,41,42). The molecule has 0 atom stereocenters. The molecule has 0 heterocycles. The molecular weight excluding hydrogens is 590 g/mol. The first kappa shape index (κ1) is 31.4. The fourth-order valence-corrected chi connectivity index (χ4v) is 5.30. The predicted molar refractivity (Wildman–Crippen MR) is 164 cm³/mol. The smallest absolute Gasteiger partial charge is 0.305 e. The molecule has 4 aromatic rings. The molecule has 0 fully saturated rings. The van der Waals surface area contributed by atoms with Gasteiger partial charge in [-0.2, -0.15) is 0 Å². The van der Waals surface area contributed by atoms with Crippen molar-refractivity contribution in [3.63, 3.8) is 0 Å². The van der Waals surface area contributed by atoms with Crippen molar-refractivity contribution < 1.29 is 27.9 Å². The van der Waals surface area contributed by atoms with Crippen LogP contribution in [0.3, 0.4) is 0 Å². The maximum atomic E-state index is 13.9. The number of hydrogen-bond acceptors (Lipinski definition) is 5. The Kier molecular flexibility index (Phi) is 10.3. The summed E-state index contributed by atoms with van der Waals surface area (Å²) in [6.45, 7) is 0.395. The van der Waals surface area contributed by atoms with Crippen LogP contribution >= 0.6 is 11.6 Å². The van der Waals surface area contributed by atoms with Crippen LogP contribution in [0.4, 0.5) is 0 Å². The summed E-state index contributed by atoms with van der Waals surface area (Å²) in [4.78, 5) is 40.0. The van der Waals surface area contributed by atoms with Gasteiger partial charge >= 0.3 is 5.97 Å². The number of carbonyl (C=O) groups is 3. The summed E-state index contributed by atoms with van der Waals surface area (Å²) in [5.74, 6) is -1.78. The molecule has 222 valence electrons. The van der Waals surface area contributed by atoms with Crippen LogP contribution in [0.15, 0.2) is 102 Å². The minimum absolute atomic E-state index is 0.0285. The van der Waals surface area contributed by atoms with Crippen molar-refractivity contribution in [1.29, 1.82) is 0 Å². The second-order valence-electron chi connectivity index (χ2n) is 9.78. The van der Waals surface area contributed by atoms with Crippen LogP contribution in [0.25, 0.3) is 11.1 Å². The second kappa shape index (κ2) is 14.1. The van der Waals surface area contributed by atoms with Crippen molar-refractivity contribution in [3.8, 4) is 11.1 Å². The lowest BCUT2D eigenvalue weighted by Gasteiger charge is -2.24. The molecule has 0 aliphatic rings. The second-order valence-corrected chi connectivity index (χ2v) is 11.8. The number of halogens is 1. The number of nitrogens with zero attached hydrogens (tertiary/aromatic N) is 1. The van der Waals surface area contributed by atoms with Gasteiger partial charge < -0.3 is 15.3 Å². The van der Waals surface area contributed by atoms with E-state index in [0.717, 1.165) is 11.1 Å². The highest BCUT2D eigenvalue weighted by atomic mass is 35.5. The first-order chi connectivity index (χ1) is 20.5. The highest BCUT2D eigenvalue weighted by Crippen LogP contribution is 2.29. The number of sulfonamides is 1. The molecule has 0 aliphatic carbocycles. The average Bonchev–Trinajstić information content (AvgIpc) is 2.99. The molecular formula is C32H30ClN3O6S. The Morgan fingerprint density at radius 2 is 1.42 bits per heavy atom. The van der Waals surface area contributed by atoms with Crippen molar-refractivity contribution in [1.82, 2.24) is 10.2 Å². The van der Waals surface area contributed by atoms with Gasteiger partial charge in [0.05, 0.1) is 11.3 Å². The van der Waals surface area contributed by atoms with Gasteiger partial charge in [-0.25, -0.2) is 13.6 Å². The Hall–Kier alpha value is -4.51. The van der Waals surface area contributed by atoms with E-state index in [0.29, 0.717) is 33.7 Å². The number of aliphatic carboxylic acids is 1. The largest absolute Gasteiger partial charge is 0.481 e. The van der Waals surface area contributed by atoms with E-state index in [2.05, 4.69) is 5.32 Å². The number of hydrogen-bond donors (Lipinski definition) is 3. The van der Waals surface area contributed by atoms with Crippen LogP contribution in [-0.4, -0.2) is 49.3 Å². The number of nitrogens with two attached hydrogens (primary N) is 1. The Morgan fingerprint density at radius 1 is 0.791 bits per heavy atom. The van der Waals surface area contributed by atoms with E-state index in [4.69, 9.17) is 16.7 Å². The van der Waals surface area contributed by atoms with Crippen LogP contribution in [-0.2, 0) is 27.8 Å². The van der Waals surface area contributed by atoms with E-state index >= 15 is 0 Å². The Balaban J connectivity index is 1.59. The van der Waals surface area contributed by atoms with Crippen LogP contribution in [0.2, 0.25) is 5.02 Å². The molecule has 4 N–H and O–H groups in total. The third kappa shape index (κ3) is 8.51. The zero-order chi connectivity index (χ0) is 31.0. The van der Waals surface area contributed by atoms with Crippen molar-refractivity contribution in [2.75, 3.05) is 13.1 Å². The lowest BCUT2D eigenvalue weighted by Crippen LogP contribution is -2.35. The summed E-state index contributed by atoms with van der Waals surface area (Å²) in [5.41, 5.74) is 3.34. The predicted octanol–water partition coefficient (Wildman–Crippen LogP) is 4.74. The van der Waals surface area contributed by atoms with Gasteiger partial charge in [0, 0.05) is 35.8 Å². The van der Waals surface area contributed by atoms with E-state index in [-0.39, 0.29) is 36.9 Å². The summed E-state index contributed by atoms with van der Waals surface area (Å²) in [6.07, 6.45) is 0.0850. The molecule has 0 aliphatic heterocycles. The lowest BCUT2D eigenvalue weighted by atomic mass is 9.94. The van der Waals surface area contributed by atoms with Crippen molar-refractivity contribution in [2.45, 2.75) is 24.3 Å². The van der Waals surface area contributed by atoms with E-state index in [9.17, 15) is 27.9 Å². The highest BCUT2D eigenvalue weighted by molar-refractivity contribution is 7.89. The van der Waals surface area contributed by atoms with Crippen LogP contribution in [0.5, 0.6) is 0 Å². The fourth-order valence-electron chi connectivity index (χ4n) is 4.57. The number of nitrogens with one attached hydrogen (secondary N) is 1. The van der Waals surface area contributed by atoms with Gasteiger partial charge in [0.15, 0.2) is 0 Å². The summed E-state index contributed by atoms with van der Waals surface area (Å²) in [7, 11) is -3.84. The molecule has 11 heteroatoms. The molecule has 9 nitrogen and oxygen atoms in total. The average molecular weight is 620 g/mol.